The van der Waals surface area contributed by atoms with Gasteiger partial charge in [-0.05, 0) is 23.8 Å². The van der Waals surface area contributed by atoms with Crippen molar-refractivity contribution < 1.29 is 0 Å². The zero-order chi connectivity index (χ0) is 13.7. The quantitative estimate of drug-likeness (QED) is 0.853. The Morgan fingerprint density at radius 1 is 1.05 bits per heavy atom. The van der Waals surface area contributed by atoms with Gasteiger partial charge >= 0.3 is 0 Å². The molecule has 1 aromatic carbocycles. The van der Waals surface area contributed by atoms with Crippen LogP contribution in [0.4, 0.5) is 5.82 Å². The highest BCUT2D eigenvalue weighted by atomic mass is 35.5. The third-order valence-corrected chi connectivity index (χ3v) is 4.33. The number of pyridine rings is 1. The van der Waals surface area contributed by atoms with Gasteiger partial charge in [-0.1, -0.05) is 41.4 Å². The molecule has 1 aromatic heterocycles. The molecule has 0 fully saturated rings. The minimum absolute atomic E-state index is 0.700. The minimum Gasteiger partial charge on any atom is -0.373 e. The summed E-state index contributed by atoms with van der Waals surface area (Å²) in [5.74, 6) is 2.44. The van der Waals surface area contributed by atoms with Gasteiger partial charge in [0.05, 0.1) is 10.7 Å². The lowest BCUT2D eigenvalue weighted by molar-refractivity contribution is 1.16. The average molecular weight is 313 g/mol. The van der Waals surface area contributed by atoms with Gasteiger partial charge in [0.2, 0.25) is 0 Å². The second-order valence-electron chi connectivity index (χ2n) is 3.96. The highest BCUT2D eigenvalue weighted by molar-refractivity contribution is 7.97. The molecule has 2 nitrogen and oxygen atoms in total. The van der Waals surface area contributed by atoms with E-state index in [2.05, 4.69) is 10.3 Å². The molecule has 19 heavy (non-hydrogen) atoms. The van der Waals surface area contributed by atoms with Crippen molar-refractivity contribution in [3.05, 3.63) is 57.7 Å². The van der Waals surface area contributed by atoms with E-state index < -0.39 is 0 Å². The predicted molar refractivity (Wildman–Crippen MR) is 85.2 cm³/mol. The van der Waals surface area contributed by atoms with Crippen LogP contribution in [0.15, 0.2) is 36.4 Å². The van der Waals surface area contributed by atoms with Gasteiger partial charge in [-0.15, -0.1) is 0 Å². The summed E-state index contributed by atoms with van der Waals surface area (Å²) in [4.78, 5) is 4.45. The average Bonchev–Trinajstić information content (AvgIpc) is 2.43. The Kier molecular flexibility index (Phi) is 5.37. The molecule has 2 rings (SSSR count). The van der Waals surface area contributed by atoms with Gasteiger partial charge in [0.1, 0.15) is 5.82 Å². The largest absolute Gasteiger partial charge is 0.373 e. The van der Waals surface area contributed by atoms with E-state index in [-0.39, 0.29) is 0 Å². The maximum atomic E-state index is 6.14. The molecule has 1 N–H and O–H groups in total. The molecule has 0 amide bonds. The van der Waals surface area contributed by atoms with E-state index >= 15 is 0 Å². The van der Waals surface area contributed by atoms with Crippen molar-refractivity contribution in [2.45, 2.75) is 11.5 Å². The van der Waals surface area contributed by atoms with Gasteiger partial charge in [0.25, 0.3) is 0 Å². The molecule has 0 bridgehead atoms. The molecule has 0 aliphatic rings. The molecule has 1 heterocycles. The maximum absolute atomic E-state index is 6.14. The molecule has 0 unspecified atom stereocenters. The van der Waals surface area contributed by atoms with Crippen LogP contribution in [0.3, 0.4) is 0 Å². The molecule has 0 atom stereocenters. The van der Waals surface area contributed by atoms with Crippen LogP contribution in [-0.2, 0) is 11.5 Å². The second-order valence-corrected chi connectivity index (χ2v) is 5.76. The first-order chi connectivity index (χ1) is 9.20. The van der Waals surface area contributed by atoms with Crippen LogP contribution in [0.25, 0.3) is 0 Å². The standard InChI is InChI=1S/C14H14Cl2N2S/c1-17-14-7-6-12(16)13(18-14)9-19-8-10-4-2-3-5-11(10)15/h2-7H,8-9H2,1H3,(H,17,18). The molecule has 100 valence electrons. The summed E-state index contributed by atoms with van der Waals surface area (Å²) in [5, 5.41) is 4.52. The topological polar surface area (TPSA) is 24.9 Å². The fraction of sp³-hybridized carbons (Fsp3) is 0.214. The third kappa shape index (κ3) is 4.03. The summed E-state index contributed by atoms with van der Waals surface area (Å²) >= 11 is 14.0. The van der Waals surface area contributed by atoms with Gasteiger partial charge in [-0.2, -0.15) is 11.8 Å². The fourth-order valence-corrected chi connectivity index (χ4v) is 3.12. The third-order valence-electron chi connectivity index (χ3n) is 2.63. The van der Waals surface area contributed by atoms with E-state index in [4.69, 9.17) is 23.2 Å². The van der Waals surface area contributed by atoms with Gasteiger partial charge < -0.3 is 5.32 Å². The highest BCUT2D eigenvalue weighted by Gasteiger charge is 2.05. The van der Waals surface area contributed by atoms with Gasteiger partial charge in [-0.25, -0.2) is 4.98 Å². The smallest absolute Gasteiger partial charge is 0.126 e. The van der Waals surface area contributed by atoms with Crippen molar-refractivity contribution in [1.29, 1.82) is 0 Å². The van der Waals surface area contributed by atoms with Crippen LogP contribution in [0.1, 0.15) is 11.3 Å². The fourth-order valence-electron chi connectivity index (χ4n) is 1.60. The minimum atomic E-state index is 0.700. The first-order valence-electron chi connectivity index (χ1n) is 5.85. The van der Waals surface area contributed by atoms with E-state index in [0.29, 0.717) is 5.02 Å². The molecule has 5 heteroatoms. The van der Waals surface area contributed by atoms with Crippen LogP contribution in [0.5, 0.6) is 0 Å². The lowest BCUT2D eigenvalue weighted by atomic mass is 10.2. The zero-order valence-electron chi connectivity index (χ0n) is 10.5. The molecular weight excluding hydrogens is 299 g/mol. The Balaban J connectivity index is 1.98. The summed E-state index contributed by atoms with van der Waals surface area (Å²) in [6.07, 6.45) is 0. The highest BCUT2D eigenvalue weighted by Crippen LogP contribution is 2.26. The molecule has 0 aliphatic carbocycles. The maximum Gasteiger partial charge on any atom is 0.126 e. The van der Waals surface area contributed by atoms with E-state index in [1.807, 2.05) is 43.4 Å². The van der Waals surface area contributed by atoms with Crippen molar-refractivity contribution in [1.82, 2.24) is 4.98 Å². The summed E-state index contributed by atoms with van der Waals surface area (Å²) in [6.45, 7) is 0. The molecule has 0 saturated heterocycles. The summed E-state index contributed by atoms with van der Waals surface area (Å²) in [6, 6.07) is 11.6. The van der Waals surface area contributed by atoms with E-state index in [1.165, 1.54) is 0 Å². The Labute approximate surface area is 127 Å². The van der Waals surface area contributed by atoms with Crippen LogP contribution in [-0.4, -0.2) is 12.0 Å². The van der Waals surface area contributed by atoms with Gasteiger partial charge in [0, 0.05) is 23.6 Å². The van der Waals surface area contributed by atoms with Crippen molar-refractivity contribution in [2.75, 3.05) is 12.4 Å². The first kappa shape index (κ1) is 14.5. The number of rotatable bonds is 5. The monoisotopic (exact) mass is 312 g/mol. The van der Waals surface area contributed by atoms with Crippen LogP contribution in [0.2, 0.25) is 10.0 Å². The van der Waals surface area contributed by atoms with Crippen LogP contribution >= 0.6 is 35.0 Å². The van der Waals surface area contributed by atoms with Gasteiger partial charge in [0.15, 0.2) is 0 Å². The Bertz CT molecular complexity index is 561. The van der Waals surface area contributed by atoms with Crippen molar-refractivity contribution >= 4 is 40.8 Å². The molecule has 0 spiro atoms. The van der Waals surface area contributed by atoms with Crippen molar-refractivity contribution in [3.63, 3.8) is 0 Å². The van der Waals surface area contributed by atoms with E-state index in [0.717, 1.165) is 33.6 Å². The summed E-state index contributed by atoms with van der Waals surface area (Å²) in [5.41, 5.74) is 2.03. The Hall–Kier alpha value is -0.900. The first-order valence-corrected chi connectivity index (χ1v) is 7.76. The number of hydrogen-bond donors (Lipinski definition) is 1. The molecule has 0 aliphatic heterocycles. The summed E-state index contributed by atoms with van der Waals surface area (Å²) < 4.78 is 0. The van der Waals surface area contributed by atoms with Gasteiger partial charge in [-0.3, -0.25) is 0 Å². The second kappa shape index (κ2) is 7.04. The van der Waals surface area contributed by atoms with E-state index in [9.17, 15) is 0 Å². The number of aromatic nitrogens is 1. The number of nitrogens with zero attached hydrogens (tertiary/aromatic N) is 1. The normalized spacial score (nSPS) is 10.5. The Morgan fingerprint density at radius 2 is 1.84 bits per heavy atom. The lowest BCUT2D eigenvalue weighted by Gasteiger charge is -2.07. The van der Waals surface area contributed by atoms with Crippen molar-refractivity contribution in [3.8, 4) is 0 Å². The number of halogens is 2. The SMILES string of the molecule is CNc1ccc(Cl)c(CSCc2ccccc2Cl)n1. The summed E-state index contributed by atoms with van der Waals surface area (Å²) in [7, 11) is 1.84. The van der Waals surface area contributed by atoms with Crippen molar-refractivity contribution in [2.24, 2.45) is 0 Å². The number of hydrogen-bond acceptors (Lipinski definition) is 3. The number of anilines is 1. The number of benzene rings is 1. The van der Waals surface area contributed by atoms with Crippen LogP contribution < -0.4 is 5.32 Å². The number of nitrogens with one attached hydrogen (secondary N) is 1. The predicted octanol–water partition coefficient (Wildman–Crippen LogP) is 4.86. The lowest BCUT2D eigenvalue weighted by Crippen LogP contribution is -1.96. The molecule has 0 radical (unpaired) electrons. The zero-order valence-corrected chi connectivity index (χ0v) is 12.8. The molecular formula is C14H14Cl2N2S. The van der Waals surface area contributed by atoms with Crippen LogP contribution in [0, 0.1) is 0 Å². The number of thioether (sulfide) groups is 1. The van der Waals surface area contributed by atoms with E-state index in [1.54, 1.807) is 11.8 Å². The molecule has 2 aromatic rings. The molecule has 0 saturated carbocycles. The Morgan fingerprint density at radius 3 is 2.58 bits per heavy atom.